The fourth-order valence-corrected chi connectivity index (χ4v) is 7.58. The Hall–Kier alpha value is -1.23. The second-order valence-corrected chi connectivity index (χ2v) is 14.4. The molecule has 0 aromatic rings. The number of hydrogen-bond acceptors (Lipinski definition) is 4. The molecule has 4 nitrogen and oxygen atoms in total. The zero-order valence-corrected chi connectivity index (χ0v) is 24.5. The summed E-state index contributed by atoms with van der Waals surface area (Å²) in [7, 11) is 0. The van der Waals surface area contributed by atoms with Gasteiger partial charge in [0.15, 0.2) is 5.78 Å². The summed E-state index contributed by atoms with van der Waals surface area (Å²) in [5, 5.41) is 30.6. The first-order valence-corrected chi connectivity index (χ1v) is 14.8. The van der Waals surface area contributed by atoms with Crippen molar-refractivity contribution in [1.82, 2.24) is 0 Å². The van der Waals surface area contributed by atoms with E-state index in [2.05, 4.69) is 46.4 Å². The fourth-order valence-electron chi connectivity index (χ4n) is 7.58. The van der Waals surface area contributed by atoms with Crippen molar-refractivity contribution in [2.24, 2.45) is 28.6 Å². The SMILES string of the molecule is C=C1/C(=C\C=C2/CCC[C@]3(C)[C@@H]([C@@H](CCCC(C)(C)C)CCC(=O)C(C)(C)O)CC[C@@H]23)C[C@@H](O)C[C@@H]1O. The minimum absolute atomic E-state index is 0.0408. The number of allylic oxidation sites excluding steroid dienone is 3. The van der Waals surface area contributed by atoms with Crippen LogP contribution in [0.25, 0.3) is 0 Å². The van der Waals surface area contributed by atoms with E-state index in [4.69, 9.17) is 0 Å². The predicted octanol–water partition coefficient (Wildman–Crippen LogP) is 7.08. The first-order chi connectivity index (χ1) is 17.1. The van der Waals surface area contributed by atoms with Crippen molar-refractivity contribution in [2.75, 3.05) is 0 Å². The van der Waals surface area contributed by atoms with Gasteiger partial charge in [-0.2, -0.15) is 0 Å². The number of carbonyl (C=O) groups excluding carboxylic acids is 1. The highest BCUT2D eigenvalue weighted by Gasteiger charge is 2.51. The maximum atomic E-state index is 12.6. The van der Waals surface area contributed by atoms with Gasteiger partial charge in [0.1, 0.15) is 5.60 Å². The molecule has 3 saturated carbocycles. The van der Waals surface area contributed by atoms with Crippen LogP contribution in [0.15, 0.2) is 35.5 Å². The van der Waals surface area contributed by atoms with Gasteiger partial charge in [-0.25, -0.2) is 0 Å². The summed E-state index contributed by atoms with van der Waals surface area (Å²) in [4.78, 5) is 12.6. The van der Waals surface area contributed by atoms with Crippen molar-refractivity contribution in [3.8, 4) is 0 Å². The minimum atomic E-state index is -1.25. The Morgan fingerprint density at radius 3 is 2.49 bits per heavy atom. The quantitative estimate of drug-likeness (QED) is 0.307. The molecule has 0 amide bonds. The molecule has 3 fully saturated rings. The molecule has 4 heteroatoms. The minimum Gasteiger partial charge on any atom is -0.393 e. The lowest BCUT2D eigenvalue weighted by Gasteiger charge is -2.45. The number of fused-ring (bicyclic) bond motifs is 1. The van der Waals surface area contributed by atoms with Crippen molar-refractivity contribution >= 4 is 5.78 Å². The summed E-state index contributed by atoms with van der Waals surface area (Å²) >= 11 is 0. The molecule has 6 atom stereocenters. The molecule has 0 saturated heterocycles. The lowest BCUT2D eigenvalue weighted by molar-refractivity contribution is -0.134. The Kier molecular flexibility index (Phi) is 9.73. The van der Waals surface area contributed by atoms with Gasteiger partial charge in [0, 0.05) is 12.8 Å². The molecule has 0 bridgehead atoms. The molecule has 0 aliphatic heterocycles. The number of rotatable bonds is 9. The molecule has 3 rings (SSSR count). The van der Waals surface area contributed by atoms with Crippen LogP contribution in [-0.2, 0) is 4.79 Å². The van der Waals surface area contributed by atoms with Crippen molar-refractivity contribution in [1.29, 1.82) is 0 Å². The molecule has 0 radical (unpaired) electrons. The topological polar surface area (TPSA) is 77.8 Å². The van der Waals surface area contributed by atoms with E-state index in [1.807, 2.05) is 0 Å². The maximum absolute atomic E-state index is 12.6. The zero-order valence-electron chi connectivity index (χ0n) is 24.5. The molecule has 0 aromatic heterocycles. The Morgan fingerprint density at radius 2 is 1.84 bits per heavy atom. The second kappa shape index (κ2) is 11.9. The summed E-state index contributed by atoms with van der Waals surface area (Å²) in [6.07, 6.45) is 15.0. The van der Waals surface area contributed by atoms with Gasteiger partial charge in [-0.1, -0.05) is 64.8 Å². The molecule has 210 valence electrons. The average molecular weight is 515 g/mol. The lowest BCUT2D eigenvalue weighted by Crippen LogP contribution is -2.37. The van der Waals surface area contributed by atoms with Crippen molar-refractivity contribution in [3.63, 3.8) is 0 Å². The molecule has 37 heavy (non-hydrogen) atoms. The first-order valence-electron chi connectivity index (χ1n) is 14.8. The van der Waals surface area contributed by atoms with Crippen molar-refractivity contribution in [2.45, 2.75) is 136 Å². The second-order valence-electron chi connectivity index (χ2n) is 14.4. The molecular formula is C33H54O4. The van der Waals surface area contributed by atoms with E-state index < -0.39 is 17.8 Å². The molecule has 0 unspecified atom stereocenters. The molecule has 0 aromatic carbocycles. The first kappa shape index (κ1) is 30.3. The molecular weight excluding hydrogens is 460 g/mol. The normalized spacial score (nSPS) is 34.1. The molecule has 3 aliphatic rings. The van der Waals surface area contributed by atoms with Crippen LogP contribution in [0.1, 0.15) is 119 Å². The third kappa shape index (κ3) is 7.67. The van der Waals surface area contributed by atoms with E-state index in [9.17, 15) is 20.1 Å². The van der Waals surface area contributed by atoms with E-state index in [1.165, 1.54) is 44.1 Å². The van der Waals surface area contributed by atoms with Gasteiger partial charge < -0.3 is 15.3 Å². The Bertz CT molecular complexity index is 883. The van der Waals surface area contributed by atoms with E-state index in [-0.39, 0.29) is 11.2 Å². The molecule has 3 aliphatic carbocycles. The Morgan fingerprint density at radius 1 is 1.14 bits per heavy atom. The zero-order chi connectivity index (χ0) is 27.6. The van der Waals surface area contributed by atoms with Crippen LogP contribution in [0.2, 0.25) is 0 Å². The van der Waals surface area contributed by atoms with Crippen LogP contribution in [0.4, 0.5) is 0 Å². The number of Topliss-reactive ketones (excluding diaryl/α,β-unsaturated/α-hetero) is 1. The van der Waals surface area contributed by atoms with E-state index in [1.54, 1.807) is 13.8 Å². The molecule has 0 heterocycles. The van der Waals surface area contributed by atoms with Crippen LogP contribution in [-0.4, -0.2) is 38.9 Å². The smallest absolute Gasteiger partial charge is 0.163 e. The fraction of sp³-hybridized carbons (Fsp3) is 0.788. The Balaban J connectivity index is 1.79. The van der Waals surface area contributed by atoms with Crippen LogP contribution >= 0.6 is 0 Å². The van der Waals surface area contributed by atoms with Crippen LogP contribution in [0.3, 0.4) is 0 Å². The monoisotopic (exact) mass is 514 g/mol. The van der Waals surface area contributed by atoms with Gasteiger partial charge in [0.25, 0.3) is 0 Å². The summed E-state index contributed by atoms with van der Waals surface area (Å²) < 4.78 is 0. The maximum Gasteiger partial charge on any atom is 0.163 e. The average Bonchev–Trinajstić information content (AvgIpc) is 3.13. The van der Waals surface area contributed by atoms with Crippen LogP contribution in [0.5, 0.6) is 0 Å². The number of aliphatic hydroxyl groups excluding tert-OH is 2. The summed E-state index contributed by atoms with van der Waals surface area (Å²) in [6, 6.07) is 0. The van der Waals surface area contributed by atoms with Gasteiger partial charge in [-0.05, 0) is 105 Å². The highest BCUT2D eigenvalue weighted by atomic mass is 16.3. The van der Waals surface area contributed by atoms with Gasteiger partial charge in [0.05, 0.1) is 12.2 Å². The number of ketones is 1. The lowest BCUT2D eigenvalue weighted by atomic mass is 9.60. The summed E-state index contributed by atoms with van der Waals surface area (Å²) in [5.41, 5.74) is 2.53. The highest BCUT2D eigenvalue weighted by Crippen LogP contribution is 2.60. The van der Waals surface area contributed by atoms with E-state index >= 15 is 0 Å². The van der Waals surface area contributed by atoms with E-state index in [0.29, 0.717) is 42.4 Å². The molecule has 3 N–H and O–H groups in total. The third-order valence-corrected chi connectivity index (χ3v) is 9.80. The highest BCUT2D eigenvalue weighted by molar-refractivity contribution is 5.86. The Labute approximate surface area is 226 Å². The predicted molar refractivity (Wildman–Crippen MR) is 152 cm³/mol. The number of hydrogen-bond donors (Lipinski definition) is 3. The number of carbonyl (C=O) groups is 1. The van der Waals surface area contributed by atoms with Gasteiger partial charge in [-0.15, -0.1) is 0 Å². The van der Waals surface area contributed by atoms with Crippen LogP contribution in [0, 0.1) is 28.6 Å². The van der Waals surface area contributed by atoms with E-state index in [0.717, 1.165) is 30.4 Å². The van der Waals surface area contributed by atoms with Gasteiger partial charge in [0.2, 0.25) is 0 Å². The van der Waals surface area contributed by atoms with Gasteiger partial charge in [-0.3, -0.25) is 4.79 Å². The van der Waals surface area contributed by atoms with Crippen LogP contribution < -0.4 is 0 Å². The van der Waals surface area contributed by atoms with Gasteiger partial charge >= 0.3 is 0 Å². The third-order valence-electron chi connectivity index (χ3n) is 9.80. The van der Waals surface area contributed by atoms with Crippen molar-refractivity contribution in [3.05, 3.63) is 35.5 Å². The summed E-state index contributed by atoms with van der Waals surface area (Å²) in [5.74, 6) is 1.60. The summed E-state index contributed by atoms with van der Waals surface area (Å²) in [6.45, 7) is 16.7. The molecule has 0 spiro atoms. The number of aliphatic hydroxyl groups is 3. The standard InChI is InChI=1S/C33H54O4/c1-22-25(20-26(34)21-29(22)35)13-12-23-11-9-19-33(7)27(23)15-16-28(33)24(10-8-18-31(2,3)4)14-17-30(36)32(5,6)37/h12-13,24,26-29,34-35,37H,1,8-11,14-21H2,2-7H3/b23-12+,25-13-/t24-,26+,27-,28+,29-,33-/m0/s1. The largest absolute Gasteiger partial charge is 0.393 e. The van der Waals surface area contributed by atoms with Crippen molar-refractivity contribution < 1.29 is 20.1 Å².